The number of aromatic nitrogens is 5. The van der Waals surface area contributed by atoms with Crippen LogP contribution in [-0.2, 0) is 21.1 Å². The Morgan fingerprint density at radius 1 is 0.500 bits per heavy atom. The summed E-state index contributed by atoms with van der Waals surface area (Å²) >= 11 is 0. The average Bonchev–Trinajstić information content (AvgIpc) is 3.91. The molecule has 11 rings (SSSR count). The van der Waals surface area contributed by atoms with Gasteiger partial charge in [-0.2, -0.15) is 0 Å². The standard InChI is InChI=1S/C47H27N5O.Pt/c1-4-11-30(12-5-1)35-22-23-41-44(43(35)32-15-8-3-9-16-32)37-21-19-34(28-40(37)45-49-25-26-51(41)45)53-33-18-20-36-38-17-10-24-48-46(38)52-42(31-13-6-2-7-14-31)29-50-47(52)39(36)27-33;/h1-26,29H;/q-2;+2. The van der Waals surface area contributed by atoms with E-state index in [-0.39, 0.29) is 21.1 Å². The summed E-state index contributed by atoms with van der Waals surface area (Å²) in [4.78, 5) is 14.5. The van der Waals surface area contributed by atoms with Gasteiger partial charge in [-0.25, -0.2) is 4.98 Å². The molecule has 0 atom stereocenters. The second-order valence-corrected chi connectivity index (χ2v) is 13.1. The third-order valence-corrected chi connectivity index (χ3v) is 10.1. The van der Waals surface area contributed by atoms with Crippen molar-refractivity contribution in [3.05, 3.63) is 176 Å². The van der Waals surface area contributed by atoms with Gasteiger partial charge >= 0.3 is 21.1 Å². The monoisotopic (exact) mass is 872 g/mol. The molecular weight excluding hydrogens is 846 g/mol. The van der Waals surface area contributed by atoms with Gasteiger partial charge in [-0.3, -0.25) is 9.97 Å². The third-order valence-electron chi connectivity index (χ3n) is 10.1. The van der Waals surface area contributed by atoms with Gasteiger partial charge in [0.2, 0.25) is 0 Å². The van der Waals surface area contributed by atoms with Crippen molar-refractivity contribution < 1.29 is 25.8 Å². The average molecular weight is 873 g/mol. The molecule has 256 valence electrons. The van der Waals surface area contributed by atoms with Crippen LogP contribution < -0.4 is 4.74 Å². The largest absolute Gasteiger partial charge is 2.00 e. The molecule has 7 heteroatoms. The summed E-state index contributed by atoms with van der Waals surface area (Å²) in [5.74, 6) is 1.14. The van der Waals surface area contributed by atoms with Crippen molar-refractivity contribution in [3.63, 3.8) is 0 Å². The summed E-state index contributed by atoms with van der Waals surface area (Å²) < 4.78 is 10.9. The molecule has 0 saturated heterocycles. The van der Waals surface area contributed by atoms with Gasteiger partial charge < -0.3 is 13.5 Å². The molecule has 0 unspecified atom stereocenters. The van der Waals surface area contributed by atoms with Crippen LogP contribution in [0, 0.1) is 12.1 Å². The maximum Gasteiger partial charge on any atom is 2.00 e. The molecule has 5 heterocycles. The van der Waals surface area contributed by atoms with Crippen molar-refractivity contribution in [2.45, 2.75) is 0 Å². The number of hydrogen-bond acceptors (Lipinski definition) is 4. The van der Waals surface area contributed by atoms with Crippen molar-refractivity contribution in [2.24, 2.45) is 0 Å². The van der Waals surface area contributed by atoms with Gasteiger partial charge in [-0.15, -0.1) is 12.1 Å². The maximum absolute atomic E-state index is 6.59. The zero-order valence-electron chi connectivity index (χ0n) is 28.5. The minimum absolute atomic E-state index is 0. The molecule has 0 aliphatic heterocycles. The second-order valence-electron chi connectivity index (χ2n) is 13.1. The van der Waals surface area contributed by atoms with Crippen molar-refractivity contribution in [3.8, 4) is 45.0 Å². The second kappa shape index (κ2) is 12.8. The number of ether oxygens (including phenoxy) is 1. The Bertz CT molecular complexity index is 3190. The molecule has 6 aromatic carbocycles. The molecule has 54 heavy (non-hydrogen) atoms. The van der Waals surface area contributed by atoms with Crippen LogP contribution in [0.25, 0.3) is 88.3 Å². The number of hydrogen-bond donors (Lipinski definition) is 0. The SMILES string of the molecule is [Pt+2].[c-]1c(Oc2[c-]c3c(cc2)c2cccnc2n2c(-c4ccccc4)cnc32)ccc2c1c1nccn1c1ccc(-c3ccccc3)c(-c3ccccc3)c21. The summed E-state index contributed by atoms with van der Waals surface area (Å²) in [5.41, 5.74) is 10.2. The Balaban J connectivity index is 0.00000361. The summed E-state index contributed by atoms with van der Waals surface area (Å²) in [6.07, 6.45) is 7.60. The fraction of sp³-hybridized carbons (Fsp3) is 0. The van der Waals surface area contributed by atoms with E-state index in [1.54, 1.807) is 0 Å². The zero-order valence-corrected chi connectivity index (χ0v) is 30.8. The van der Waals surface area contributed by atoms with Crippen LogP contribution in [-0.4, -0.2) is 23.8 Å². The molecule has 0 amide bonds. The van der Waals surface area contributed by atoms with Crippen molar-refractivity contribution >= 4 is 54.8 Å². The Labute approximate surface area is 324 Å². The van der Waals surface area contributed by atoms with Crippen molar-refractivity contribution in [1.82, 2.24) is 23.8 Å². The molecule has 11 aromatic rings. The molecule has 6 nitrogen and oxygen atoms in total. The molecular formula is C47H27N5OPt. The van der Waals surface area contributed by atoms with Gasteiger partial charge in [-0.05, 0) is 50.7 Å². The van der Waals surface area contributed by atoms with Crippen LogP contribution in [0.2, 0.25) is 0 Å². The smallest absolute Gasteiger partial charge is 0.497 e. The van der Waals surface area contributed by atoms with Crippen LogP contribution in [0.5, 0.6) is 11.5 Å². The Kier molecular flexibility index (Phi) is 7.60. The van der Waals surface area contributed by atoms with Crippen LogP contribution >= 0.6 is 0 Å². The van der Waals surface area contributed by atoms with Gasteiger partial charge in [0.05, 0.1) is 17.0 Å². The first-order valence-electron chi connectivity index (χ1n) is 17.5. The predicted molar refractivity (Wildman–Crippen MR) is 212 cm³/mol. The summed E-state index contributed by atoms with van der Waals surface area (Å²) in [5, 5.41) is 5.94. The van der Waals surface area contributed by atoms with E-state index < -0.39 is 0 Å². The van der Waals surface area contributed by atoms with Crippen molar-refractivity contribution in [2.75, 3.05) is 0 Å². The van der Waals surface area contributed by atoms with E-state index in [4.69, 9.17) is 19.7 Å². The molecule has 0 bridgehead atoms. The topological polar surface area (TPSA) is 56.7 Å². The van der Waals surface area contributed by atoms with Gasteiger partial charge in [0.1, 0.15) is 5.65 Å². The zero-order chi connectivity index (χ0) is 34.9. The fourth-order valence-corrected chi connectivity index (χ4v) is 7.82. The van der Waals surface area contributed by atoms with Gasteiger partial charge in [0.25, 0.3) is 0 Å². The minimum Gasteiger partial charge on any atom is -0.497 e. The number of imidazole rings is 2. The fourth-order valence-electron chi connectivity index (χ4n) is 7.82. The van der Waals surface area contributed by atoms with E-state index in [0.29, 0.717) is 11.5 Å². The quantitative estimate of drug-likeness (QED) is 0.128. The van der Waals surface area contributed by atoms with E-state index >= 15 is 0 Å². The molecule has 0 aliphatic rings. The summed E-state index contributed by atoms with van der Waals surface area (Å²) in [7, 11) is 0. The van der Waals surface area contributed by atoms with E-state index in [0.717, 1.165) is 77.2 Å². The summed E-state index contributed by atoms with van der Waals surface area (Å²) in [6.45, 7) is 0. The molecule has 0 saturated carbocycles. The molecule has 5 aromatic heterocycles. The number of benzene rings is 6. The first-order chi connectivity index (χ1) is 26.3. The van der Waals surface area contributed by atoms with E-state index in [1.165, 1.54) is 11.1 Å². The maximum atomic E-state index is 6.59. The Morgan fingerprint density at radius 3 is 1.89 bits per heavy atom. The molecule has 0 N–H and O–H groups in total. The van der Waals surface area contributed by atoms with Gasteiger partial charge in [0, 0.05) is 41.8 Å². The summed E-state index contributed by atoms with van der Waals surface area (Å²) in [6, 6.07) is 55.3. The van der Waals surface area contributed by atoms with E-state index in [9.17, 15) is 0 Å². The van der Waals surface area contributed by atoms with Crippen LogP contribution in [0.1, 0.15) is 0 Å². The molecule has 0 spiro atoms. The minimum atomic E-state index is 0. The molecule has 0 radical (unpaired) electrons. The van der Waals surface area contributed by atoms with Gasteiger partial charge in [-0.1, -0.05) is 149 Å². The Hall–Kier alpha value is -6.62. The molecule has 0 fully saturated rings. The first-order valence-corrected chi connectivity index (χ1v) is 17.5. The van der Waals surface area contributed by atoms with Crippen molar-refractivity contribution in [1.29, 1.82) is 0 Å². The number of pyridine rings is 3. The first kappa shape index (κ1) is 32.1. The number of fused-ring (bicyclic) bond motifs is 12. The Morgan fingerprint density at radius 2 is 1.15 bits per heavy atom. The normalized spacial score (nSPS) is 11.6. The van der Waals surface area contributed by atoms with Crippen LogP contribution in [0.3, 0.4) is 0 Å². The van der Waals surface area contributed by atoms with Crippen LogP contribution in [0.15, 0.2) is 164 Å². The van der Waals surface area contributed by atoms with E-state index in [1.807, 2.05) is 61.2 Å². The van der Waals surface area contributed by atoms with E-state index in [2.05, 4.69) is 124 Å². The number of rotatable bonds is 5. The number of nitrogens with zero attached hydrogens (tertiary/aromatic N) is 5. The molecule has 0 aliphatic carbocycles. The third kappa shape index (κ3) is 4.95. The van der Waals surface area contributed by atoms with Crippen LogP contribution in [0.4, 0.5) is 0 Å². The van der Waals surface area contributed by atoms with Gasteiger partial charge in [0.15, 0.2) is 0 Å². The predicted octanol–water partition coefficient (Wildman–Crippen LogP) is 11.4.